The largest absolute Gasteiger partial charge is 0.386 e. The minimum Gasteiger partial charge on any atom is -0.386 e. The van der Waals surface area contributed by atoms with Gasteiger partial charge in [-0.1, -0.05) is 31.0 Å². The summed E-state index contributed by atoms with van der Waals surface area (Å²) in [4.78, 5) is 5.30. The fourth-order valence-electron chi connectivity index (χ4n) is 3.91. The van der Waals surface area contributed by atoms with Crippen molar-refractivity contribution in [3.05, 3.63) is 35.2 Å². The number of thiophene rings is 1. The van der Waals surface area contributed by atoms with Gasteiger partial charge in [0.15, 0.2) is 5.96 Å². The van der Waals surface area contributed by atoms with Gasteiger partial charge in [0.1, 0.15) is 6.10 Å². The van der Waals surface area contributed by atoms with Gasteiger partial charge < -0.3 is 20.5 Å². The molecule has 1 saturated carbocycles. The van der Waals surface area contributed by atoms with Crippen LogP contribution in [0.15, 0.2) is 35.3 Å². The van der Waals surface area contributed by atoms with Gasteiger partial charge in [-0.3, -0.25) is 4.99 Å². The Morgan fingerprint density at radius 3 is 2.71 bits per heavy atom. The summed E-state index contributed by atoms with van der Waals surface area (Å²) in [6.45, 7) is 2.14. The molecule has 5 nitrogen and oxygen atoms in total. The van der Waals surface area contributed by atoms with E-state index in [2.05, 4.69) is 33.8 Å². The molecule has 0 radical (unpaired) electrons. The molecule has 156 valence electrons. The lowest BCUT2D eigenvalue weighted by Gasteiger charge is -2.30. The Labute approximate surface area is 189 Å². The van der Waals surface area contributed by atoms with E-state index in [1.54, 1.807) is 25.5 Å². The second-order valence-electron chi connectivity index (χ2n) is 7.46. The first kappa shape index (κ1) is 23.4. The Bertz CT molecular complexity index is 726. The van der Waals surface area contributed by atoms with Gasteiger partial charge >= 0.3 is 0 Å². The van der Waals surface area contributed by atoms with Crippen LogP contribution in [0.2, 0.25) is 0 Å². The van der Waals surface area contributed by atoms with Crippen LogP contribution in [-0.2, 0) is 4.74 Å². The number of aliphatic imine (C=N–C) groups is 1. The molecule has 0 amide bonds. The zero-order valence-corrected chi connectivity index (χ0v) is 19.9. The molecule has 1 heterocycles. The van der Waals surface area contributed by atoms with E-state index >= 15 is 0 Å². The Balaban J connectivity index is 0.00000280. The van der Waals surface area contributed by atoms with E-state index < -0.39 is 6.10 Å². The van der Waals surface area contributed by atoms with Crippen LogP contribution >= 0.6 is 35.3 Å². The number of nitrogens with one attached hydrogen (secondary N) is 2. The highest BCUT2D eigenvalue weighted by Crippen LogP contribution is 2.40. The van der Waals surface area contributed by atoms with Crippen molar-refractivity contribution in [1.82, 2.24) is 10.6 Å². The average Bonchev–Trinajstić information content (AvgIpc) is 3.34. The van der Waals surface area contributed by atoms with Gasteiger partial charge in [-0.05, 0) is 42.2 Å². The molecule has 1 aromatic carbocycles. The molecule has 1 unspecified atom stereocenters. The zero-order valence-electron chi connectivity index (χ0n) is 16.7. The molecule has 3 rings (SSSR count). The highest BCUT2D eigenvalue weighted by Gasteiger charge is 2.33. The molecular formula is C21H32IN3O2S. The van der Waals surface area contributed by atoms with Crippen molar-refractivity contribution >= 4 is 51.4 Å². The second kappa shape index (κ2) is 11.3. The van der Waals surface area contributed by atoms with Gasteiger partial charge in [0.25, 0.3) is 0 Å². The van der Waals surface area contributed by atoms with Gasteiger partial charge in [-0.15, -0.1) is 35.3 Å². The van der Waals surface area contributed by atoms with Crippen molar-refractivity contribution in [3.8, 4) is 0 Å². The van der Waals surface area contributed by atoms with Gasteiger partial charge in [0.05, 0.1) is 0 Å². The summed E-state index contributed by atoms with van der Waals surface area (Å²) in [6, 6.07) is 10.3. The summed E-state index contributed by atoms with van der Waals surface area (Å²) in [5.41, 5.74) is 0.303. The lowest BCUT2D eigenvalue weighted by atomic mass is 9.83. The third-order valence-electron chi connectivity index (χ3n) is 5.59. The van der Waals surface area contributed by atoms with E-state index in [0.717, 1.165) is 30.4 Å². The van der Waals surface area contributed by atoms with Gasteiger partial charge in [0, 0.05) is 43.4 Å². The number of halogens is 1. The smallest absolute Gasteiger partial charge is 0.191 e. The van der Waals surface area contributed by atoms with Crippen LogP contribution in [0.1, 0.15) is 43.1 Å². The van der Waals surface area contributed by atoms with Crippen molar-refractivity contribution < 1.29 is 9.84 Å². The van der Waals surface area contributed by atoms with Crippen molar-refractivity contribution in [2.24, 2.45) is 10.4 Å². The third kappa shape index (κ3) is 6.05. The fraction of sp³-hybridized carbons (Fsp3) is 0.571. The van der Waals surface area contributed by atoms with Crippen LogP contribution in [-0.4, -0.2) is 44.9 Å². The molecular weight excluding hydrogens is 485 g/mol. The molecule has 1 aliphatic carbocycles. The maximum atomic E-state index is 10.6. The number of methoxy groups -OCH3 is 1. The molecule has 0 spiro atoms. The standard InChI is InChI=1S/C21H31N3O2S.HI/c1-22-20(24-15-21(11-12-26-2)9-5-6-10-21)23-14-17(25)19-13-16-7-3-4-8-18(16)27-19;/h3-4,7-8,13,17,25H,5-6,9-12,14-15H2,1-2H3,(H2,22,23,24);1H. The van der Waals surface area contributed by atoms with Crippen LogP contribution in [0.3, 0.4) is 0 Å². The minimum absolute atomic E-state index is 0. The maximum absolute atomic E-state index is 10.6. The van der Waals surface area contributed by atoms with Crippen molar-refractivity contribution in [2.75, 3.05) is 33.9 Å². The number of nitrogens with zero attached hydrogens (tertiary/aromatic N) is 1. The molecule has 3 N–H and O–H groups in total. The number of benzene rings is 1. The molecule has 1 fully saturated rings. The monoisotopic (exact) mass is 517 g/mol. The first-order valence-electron chi connectivity index (χ1n) is 9.76. The Morgan fingerprint density at radius 2 is 2.04 bits per heavy atom. The number of ether oxygens (including phenoxy) is 1. The lowest BCUT2D eigenvalue weighted by Crippen LogP contribution is -2.44. The maximum Gasteiger partial charge on any atom is 0.191 e. The first-order valence-corrected chi connectivity index (χ1v) is 10.6. The molecule has 0 bridgehead atoms. The first-order chi connectivity index (χ1) is 13.2. The molecule has 28 heavy (non-hydrogen) atoms. The second-order valence-corrected chi connectivity index (χ2v) is 8.57. The minimum atomic E-state index is -0.546. The van der Waals surface area contributed by atoms with E-state index in [9.17, 15) is 5.11 Å². The lowest BCUT2D eigenvalue weighted by molar-refractivity contribution is 0.138. The van der Waals surface area contributed by atoms with Gasteiger partial charge in [-0.2, -0.15) is 0 Å². The number of aliphatic hydroxyl groups excluding tert-OH is 1. The quantitative estimate of drug-likeness (QED) is 0.277. The van der Waals surface area contributed by atoms with E-state index in [1.807, 2.05) is 12.1 Å². The molecule has 0 saturated heterocycles. The summed E-state index contributed by atoms with van der Waals surface area (Å²) in [7, 11) is 3.55. The predicted octanol–water partition coefficient (Wildman–Crippen LogP) is 4.31. The molecule has 2 aromatic rings. The van der Waals surface area contributed by atoms with E-state index in [4.69, 9.17) is 4.74 Å². The summed E-state index contributed by atoms with van der Waals surface area (Å²) in [5.74, 6) is 0.749. The van der Waals surface area contributed by atoms with E-state index in [0.29, 0.717) is 12.0 Å². The van der Waals surface area contributed by atoms with Crippen LogP contribution < -0.4 is 10.6 Å². The fourth-order valence-corrected chi connectivity index (χ4v) is 4.96. The number of fused-ring (bicyclic) bond motifs is 1. The summed E-state index contributed by atoms with van der Waals surface area (Å²) >= 11 is 1.64. The zero-order chi connectivity index (χ0) is 19.1. The number of guanidine groups is 1. The summed E-state index contributed by atoms with van der Waals surface area (Å²) in [5, 5.41) is 18.5. The van der Waals surface area contributed by atoms with Crippen molar-refractivity contribution in [2.45, 2.75) is 38.2 Å². The molecule has 1 aliphatic rings. The molecule has 1 atom stereocenters. The molecule has 7 heteroatoms. The number of rotatable bonds is 8. The average molecular weight is 517 g/mol. The van der Waals surface area contributed by atoms with Crippen LogP contribution in [0.5, 0.6) is 0 Å². The third-order valence-corrected chi connectivity index (χ3v) is 6.81. The summed E-state index contributed by atoms with van der Waals surface area (Å²) in [6.07, 6.45) is 5.60. The Hall–Kier alpha value is -0.900. The van der Waals surface area contributed by atoms with Crippen molar-refractivity contribution in [3.63, 3.8) is 0 Å². The molecule has 0 aliphatic heterocycles. The van der Waals surface area contributed by atoms with E-state index in [1.165, 1.54) is 35.8 Å². The van der Waals surface area contributed by atoms with Gasteiger partial charge in [0.2, 0.25) is 0 Å². The van der Waals surface area contributed by atoms with Gasteiger partial charge in [-0.25, -0.2) is 0 Å². The highest BCUT2D eigenvalue weighted by atomic mass is 127. The Morgan fingerprint density at radius 1 is 1.29 bits per heavy atom. The number of aliphatic hydroxyl groups is 1. The SMILES string of the molecule is CN=C(NCC(O)c1cc2ccccc2s1)NCC1(CCOC)CCCC1.I. The summed E-state index contributed by atoms with van der Waals surface area (Å²) < 4.78 is 6.51. The highest BCUT2D eigenvalue weighted by molar-refractivity contribution is 14.0. The van der Waals surface area contributed by atoms with E-state index in [-0.39, 0.29) is 24.0 Å². The van der Waals surface area contributed by atoms with Crippen LogP contribution in [0.25, 0.3) is 10.1 Å². The number of hydrogen-bond donors (Lipinski definition) is 3. The van der Waals surface area contributed by atoms with Crippen molar-refractivity contribution in [1.29, 1.82) is 0 Å². The normalized spacial score (nSPS) is 17.3. The molecule has 1 aromatic heterocycles. The predicted molar refractivity (Wildman–Crippen MR) is 129 cm³/mol. The topological polar surface area (TPSA) is 65.9 Å². The van der Waals surface area contributed by atoms with Crippen LogP contribution in [0, 0.1) is 5.41 Å². The van der Waals surface area contributed by atoms with Crippen LogP contribution in [0.4, 0.5) is 0 Å². The Kier molecular flexibility index (Phi) is 9.46. The number of hydrogen-bond acceptors (Lipinski definition) is 4.